The van der Waals surface area contributed by atoms with Crippen molar-refractivity contribution in [1.82, 2.24) is 10.2 Å². The van der Waals surface area contributed by atoms with Gasteiger partial charge in [-0.3, -0.25) is 0 Å². The van der Waals surface area contributed by atoms with E-state index in [-0.39, 0.29) is 5.56 Å². The van der Waals surface area contributed by atoms with Gasteiger partial charge in [0.05, 0.1) is 5.56 Å². The van der Waals surface area contributed by atoms with Gasteiger partial charge in [-0.15, -0.1) is 5.10 Å². The number of aryl methyl sites for hydroxylation is 1. The van der Waals surface area contributed by atoms with Gasteiger partial charge in [-0.1, -0.05) is 0 Å². The van der Waals surface area contributed by atoms with Crippen LogP contribution >= 0.6 is 0 Å². The molecular weight excluding hydrogens is 220 g/mol. The lowest BCUT2D eigenvalue weighted by atomic mass is 10.1. The third-order valence-electron chi connectivity index (χ3n) is 2.18. The van der Waals surface area contributed by atoms with Crippen molar-refractivity contribution >= 4 is 5.97 Å². The molecule has 2 rings (SSSR count). The summed E-state index contributed by atoms with van der Waals surface area (Å²) in [5.41, 5.74) is 0.963. The van der Waals surface area contributed by atoms with E-state index in [1.165, 1.54) is 6.07 Å². The Hall–Kier alpha value is -2.43. The van der Waals surface area contributed by atoms with Crippen molar-refractivity contribution < 1.29 is 14.6 Å². The average Bonchev–Trinajstić information content (AvgIpc) is 2.33. The minimum Gasteiger partial charge on any atom is -0.478 e. The summed E-state index contributed by atoms with van der Waals surface area (Å²) in [5.74, 6) is -0.0201. The molecule has 0 radical (unpaired) electrons. The van der Waals surface area contributed by atoms with Gasteiger partial charge in [0.2, 0.25) is 5.88 Å². The fraction of sp³-hybridized carbons (Fsp3) is 0.0833. The summed E-state index contributed by atoms with van der Waals surface area (Å²) >= 11 is 0. The van der Waals surface area contributed by atoms with Crippen LogP contribution in [0.1, 0.15) is 15.9 Å². The molecule has 0 fully saturated rings. The summed E-state index contributed by atoms with van der Waals surface area (Å²) in [6, 6.07) is 8.03. The van der Waals surface area contributed by atoms with Crippen molar-refractivity contribution in [1.29, 1.82) is 0 Å². The summed E-state index contributed by atoms with van der Waals surface area (Å²) in [7, 11) is 0. The van der Waals surface area contributed by atoms with Gasteiger partial charge in [-0.25, -0.2) is 4.79 Å². The van der Waals surface area contributed by atoms with E-state index in [0.29, 0.717) is 11.6 Å². The van der Waals surface area contributed by atoms with Gasteiger partial charge in [0.1, 0.15) is 5.75 Å². The van der Waals surface area contributed by atoms with Gasteiger partial charge in [-0.2, -0.15) is 5.10 Å². The highest BCUT2D eigenvalue weighted by Crippen LogP contribution is 2.23. The molecule has 17 heavy (non-hydrogen) atoms. The highest BCUT2D eigenvalue weighted by Gasteiger charge is 2.07. The smallest absolute Gasteiger partial charge is 0.335 e. The molecule has 2 aromatic rings. The van der Waals surface area contributed by atoms with Crippen LogP contribution in [0.5, 0.6) is 11.6 Å². The molecule has 0 saturated heterocycles. The zero-order valence-corrected chi connectivity index (χ0v) is 9.12. The molecule has 5 heteroatoms. The zero-order chi connectivity index (χ0) is 12.3. The topological polar surface area (TPSA) is 72.3 Å². The van der Waals surface area contributed by atoms with Crippen molar-refractivity contribution in [3.8, 4) is 11.6 Å². The summed E-state index contributed by atoms with van der Waals surface area (Å²) in [5, 5.41) is 16.3. The predicted octanol–water partition coefficient (Wildman–Crippen LogP) is 2.28. The van der Waals surface area contributed by atoms with Gasteiger partial charge < -0.3 is 9.84 Å². The number of carbonyl (C=O) groups is 1. The van der Waals surface area contributed by atoms with Crippen molar-refractivity contribution in [2.24, 2.45) is 0 Å². The van der Waals surface area contributed by atoms with Crippen LogP contribution in [0.2, 0.25) is 0 Å². The number of rotatable bonds is 3. The molecule has 0 spiro atoms. The van der Waals surface area contributed by atoms with Crippen LogP contribution in [0.3, 0.4) is 0 Å². The molecule has 0 aliphatic rings. The molecule has 0 atom stereocenters. The molecule has 0 unspecified atom stereocenters. The number of aromatic carboxylic acids is 1. The van der Waals surface area contributed by atoms with Crippen LogP contribution in [0.25, 0.3) is 0 Å². The summed E-state index contributed by atoms with van der Waals surface area (Å²) in [6.07, 6.45) is 1.55. The van der Waals surface area contributed by atoms with Crippen LogP contribution < -0.4 is 4.74 Å². The Labute approximate surface area is 97.7 Å². The minimum atomic E-state index is -0.959. The van der Waals surface area contributed by atoms with Crippen LogP contribution in [-0.2, 0) is 0 Å². The van der Waals surface area contributed by atoms with E-state index in [0.717, 1.165) is 5.56 Å². The first-order chi connectivity index (χ1) is 8.16. The van der Waals surface area contributed by atoms with E-state index < -0.39 is 5.97 Å². The maximum Gasteiger partial charge on any atom is 0.335 e. The Bertz CT molecular complexity index is 541. The van der Waals surface area contributed by atoms with Gasteiger partial charge in [0, 0.05) is 12.3 Å². The quantitative estimate of drug-likeness (QED) is 0.875. The largest absolute Gasteiger partial charge is 0.478 e. The second-order valence-electron chi connectivity index (χ2n) is 3.45. The molecular formula is C12H10N2O3. The SMILES string of the molecule is Cc1cc(C(=O)O)ccc1Oc1cccnn1. The fourth-order valence-corrected chi connectivity index (χ4v) is 1.35. The number of carboxylic acids is 1. The number of nitrogens with zero attached hydrogens (tertiary/aromatic N) is 2. The first-order valence-electron chi connectivity index (χ1n) is 4.96. The summed E-state index contributed by atoms with van der Waals surface area (Å²) < 4.78 is 5.48. The molecule has 1 aromatic carbocycles. The predicted molar refractivity (Wildman–Crippen MR) is 60.2 cm³/mol. The number of benzene rings is 1. The van der Waals surface area contributed by atoms with E-state index >= 15 is 0 Å². The lowest BCUT2D eigenvalue weighted by molar-refractivity contribution is 0.0697. The minimum absolute atomic E-state index is 0.231. The molecule has 0 bridgehead atoms. The third-order valence-corrected chi connectivity index (χ3v) is 2.18. The van der Waals surface area contributed by atoms with Gasteiger partial charge >= 0.3 is 5.97 Å². The summed E-state index contributed by atoms with van der Waals surface area (Å²) in [4.78, 5) is 10.8. The van der Waals surface area contributed by atoms with Crippen LogP contribution in [0.15, 0.2) is 36.5 Å². The number of hydrogen-bond donors (Lipinski definition) is 1. The zero-order valence-electron chi connectivity index (χ0n) is 9.12. The average molecular weight is 230 g/mol. The van der Waals surface area contributed by atoms with Crippen LogP contribution in [0.4, 0.5) is 0 Å². The number of ether oxygens (including phenoxy) is 1. The molecule has 0 saturated carbocycles. The van der Waals surface area contributed by atoms with Crippen molar-refractivity contribution in [2.45, 2.75) is 6.92 Å². The molecule has 86 valence electrons. The van der Waals surface area contributed by atoms with Crippen molar-refractivity contribution in [3.05, 3.63) is 47.7 Å². The molecule has 0 amide bonds. The highest BCUT2D eigenvalue weighted by atomic mass is 16.5. The van der Waals surface area contributed by atoms with E-state index in [4.69, 9.17) is 9.84 Å². The number of hydrogen-bond acceptors (Lipinski definition) is 4. The highest BCUT2D eigenvalue weighted by molar-refractivity contribution is 5.88. The monoisotopic (exact) mass is 230 g/mol. The molecule has 0 aliphatic carbocycles. The second-order valence-corrected chi connectivity index (χ2v) is 3.45. The van der Waals surface area contributed by atoms with Crippen LogP contribution in [0, 0.1) is 6.92 Å². The lowest BCUT2D eigenvalue weighted by Crippen LogP contribution is -1.98. The first-order valence-corrected chi connectivity index (χ1v) is 4.96. The Balaban J connectivity index is 2.26. The van der Waals surface area contributed by atoms with Gasteiger partial charge in [-0.05, 0) is 36.8 Å². The number of carboxylic acid groups (broad SMARTS) is 1. The van der Waals surface area contributed by atoms with E-state index in [2.05, 4.69) is 10.2 Å². The second kappa shape index (κ2) is 4.61. The van der Waals surface area contributed by atoms with Gasteiger partial charge in [0.25, 0.3) is 0 Å². The van der Waals surface area contributed by atoms with E-state index in [1.54, 1.807) is 37.4 Å². The molecule has 0 aliphatic heterocycles. The molecule has 5 nitrogen and oxygen atoms in total. The van der Waals surface area contributed by atoms with E-state index in [1.807, 2.05) is 0 Å². The summed E-state index contributed by atoms with van der Waals surface area (Å²) in [6.45, 7) is 1.78. The normalized spacial score (nSPS) is 9.94. The van der Waals surface area contributed by atoms with E-state index in [9.17, 15) is 4.79 Å². The molecule has 1 heterocycles. The number of aromatic nitrogens is 2. The third kappa shape index (κ3) is 2.57. The first kappa shape index (κ1) is 11.1. The molecule has 1 N–H and O–H groups in total. The maximum atomic E-state index is 10.8. The Morgan fingerprint density at radius 1 is 1.35 bits per heavy atom. The van der Waals surface area contributed by atoms with Crippen molar-refractivity contribution in [3.63, 3.8) is 0 Å². The lowest BCUT2D eigenvalue weighted by Gasteiger charge is -2.07. The van der Waals surface area contributed by atoms with Crippen LogP contribution in [-0.4, -0.2) is 21.3 Å². The Morgan fingerprint density at radius 2 is 2.18 bits per heavy atom. The fourth-order valence-electron chi connectivity index (χ4n) is 1.35. The Morgan fingerprint density at radius 3 is 2.76 bits per heavy atom. The maximum absolute atomic E-state index is 10.8. The Kier molecular flexibility index (Phi) is 3.00. The molecule has 1 aromatic heterocycles. The standard InChI is InChI=1S/C12H10N2O3/c1-8-7-9(12(15)16)4-5-10(8)17-11-3-2-6-13-14-11/h2-7H,1H3,(H,15,16). The van der Waals surface area contributed by atoms with Gasteiger partial charge in [0.15, 0.2) is 0 Å². The van der Waals surface area contributed by atoms with Crippen molar-refractivity contribution in [2.75, 3.05) is 0 Å².